The van der Waals surface area contributed by atoms with Crippen LogP contribution in [0.1, 0.15) is 26.3 Å². The zero-order valence-corrected chi connectivity index (χ0v) is 29.7. The van der Waals surface area contributed by atoms with Gasteiger partial charge in [0.05, 0.1) is 0 Å². The van der Waals surface area contributed by atoms with E-state index >= 15 is 0 Å². The van der Waals surface area contributed by atoms with Gasteiger partial charge in [0.25, 0.3) is 0 Å². The fourth-order valence-corrected chi connectivity index (χ4v) is 8.62. The molecular weight excluding hydrogens is 625 g/mol. The molecular formula is C52H38. The molecule has 0 saturated carbocycles. The highest BCUT2D eigenvalue weighted by Gasteiger charge is 2.22. The maximum Gasteiger partial charge on any atom is -0.00197 e. The van der Waals surface area contributed by atoms with E-state index in [-0.39, 0.29) is 5.41 Å². The minimum absolute atomic E-state index is 0.0999. The Morgan fingerprint density at radius 2 is 0.673 bits per heavy atom. The summed E-state index contributed by atoms with van der Waals surface area (Å²) < 4.78 is 0. The molecule has 0 nitrogen and oxygen atoms in total. The number of rotatable bonds is 3. The van der Waals surface area contributed by atoms with Gasteiger partial charge in [-0.2, -0.15) is 0 Å². The molecule has 0 saturated heterocycles. The Morgan fingerprint density at radius 3 is 1.17 bits per heavy atom. The van der Waals surface area contributed by atoms with Crippen LogP contribution in [0.25, 0.3) is 98.0 Å². The molecule has 52 heavy (non-hydrogen) atoms. The lowest BCUT2D eigenvalue weighted by molar-refractivity contribution is 0.590. The van der Waals surface area contributed by atoms with E-state index in [1.807, 2.05) is 0 Å². The van der Waals surface area contributed by atoms with Gasteiger partial charge in [0, 0.05) is 0 Å². The smallest absolute Gasteiger partial charge is 0.00197 e. The van der Waals surface area contributed by atoms with Crippen molar-refractivity contribution in [1.82, 2.24) is 0 Å². The lowest BCUT2D eigenvalue weighted by Crippen LogP contribution is -2.10. The topological polar surface area (TPSA) is 0 Å². The largest absolute Gasteiger partial charge is 0.0616 e. The van der Waals surface area contributed by atoms with Gasteiger partial charge >= 0.3 is 0 Å². The van der Waals surface area contributed by atoms with Gasteiger partial charge in [-0.3, -0.25) is 0 Å². The van der Waals surface area contributed by atoms with E-state index in [1.54, 1.807) is 0 Å². The molecule has 0 aliphatic rings. The summed E-state index contributed by atoms with van der Waals surface area (Å²) in [4.78, 5) is 0. The fourth-order valence-electron chi connectivity index (χ4n) is 8.62. The number of benzene rings is 10. The average molecular weight is 663 g/mol. The Labute approximate surface area is 304 Å². The predicted molar refractivity (Wildman–Crippen MR) is 226 cm³/mol. The highest BCUT2D eigenvalue weighted by Crippen LogP contribution is 2.49. The molecule has 0 radical (unpaired) electrons. The zero-order chi connectivity index (χ0) is 35.0. The molecule has 0 amide bonds. The summed E-state index contributed by atoms with van der Waals surface area (Å²) in [7, 11) is 0. The van der Waals surface area contributed by atoms with E-state index < -0.39 is 0 Å². The van der Waals surface area contributed by atoms with Crippen molar-refractivity contribution in [2.45, 2.75) is 26.2 Å². The van der Waals surface area contributed by atoms with Gasteiger partial charge in [0.15, 0.2) is 0 Å². The van der Waals surface area contributed by atoms with Crippen molar-refractivity contribution in [2.75, 3.05) is 0 Å². The standard InChI is InChI=1S/C52H38/c1-52(2,3)37-27-24-33(25-28-37)34-26-29-46-49(30-34)51(48-32-36-15-5-7-17-39(36)41-19-9-11-21-43(41)48)45-23-13-12-22-44(45)50(46)47-31-35-14-4-6-16-38(35)40-18-8-10-20-42(40)47/h4-32H,1-3H3. The van der Waals surface area contributed by atoms with E-state index in [0.29, 0.717) is 0 Å². The number of hydrogen-bond acceptors (Lipinski definition) is 0. The zero-order valence-electron chi connectivity index (χ0n) is 29.7. The molecule has 0 fully saturated rings. The van der Waals surface area contributed by atoms with Crippen LogP contribution in [0.15, 0.2) is 176 Å². The molecule has 0 unspecified atom stereocenters. The Hall–Kier alpha value is -6.24. The summed E-state index contributed by atoms with van der Waals surface area (Å²) in [6.07, 6.45) is 0. The third-order valence-corrected chi connectivity index (χ3v) is 11.2. The van der Waals surface area contributed by atoms with Crippen molar-refractivity contribution >= 4 is 64.6 Å². The molecule has 0 heterocycles. The first-order valence-electron chi connectivity index (χ1n) is 18.4. The highest BCUT2D eigenvalue weighted by atomic mass is 14.2. The van der Waals surface area contributed by atoms with E-state index in [1.165, 1.54) is 104 Å². The minimum atomic E-state index is 0.0999. The van der Waals surface area contributed by atoms with Crippen LogP contribution in [0, 0.1) is 0 Å². The Balaban J connectivity index is 1.38. The summed E-state index contributed by atoms with van der Waals surface area (Å²) in [5.74, 6) is 0. The molecule has 0 aliphatic carbocycles. The fraction of sp³-hybridized carbons (Fsp3) is 0.0769. The molecule has 10 aromatic rings. The maximum absolute atomic E-state index is 2.46. The van der Waals surface area contributed by atoms with Gasteiger partial charge in [-0.1, -0.05) is 178 Å². The van der Waals surface area contributed by atoms with Gasteiger partial charge in [-0.05, 0) is 127 Å². The molecule has 0 aliphatic heterocycles. The Bertz CT molecular complexity index is 3030. The van der Waals surface area contributed by atoms with Crippen LogP contribution in [-0.4, -0.2) is 0 Å². The van der Waals surface area contributed by atoms with Crippen molar-refractivity contribution in [3.8, 4) is 33.4 Å². The van der Waals surface area contributed by atoms with Crippen molar-refractivity contribution in [3.63, 3.8) is 0 Å². The molecule has 0 atom stereocenters. The molecule has 10 aromatic carbocycles. The van der Waals surface area contributed by atoms with Crippen molar-refractivity contribution < 1.29 is 0 Å². The molecule has 0 N–H and O–H groups in total. The van der Waals surface area contributed by atoms with E-state index in [4.69, 9.17) is 0 Å². The molecule has 0 aromatic heterocycles. The molecule has 246 valence electrons. The van der Waals surface area contributed by atoms with Crippen LogP contribution in [-0.2, 0) is 5.41 Å². The first kappa shape index (κ1) is 30.6. The molecule has 10 rings (SSSR count). The van der Waals surface area contributed by atoms with Gasteiger partial charge in [0.2, 0.25) is 0 Å². The van der Waals surface area contributed by atoms with Crippen molar-refractivity contribution in [2.24, 2.45) is 0 Å². The maximum atomic E-state index is 2.46. The van der Waals surface area contributed by atoms with Crippen LogP contribution < -0.4 is 0 Å². The average Bonchev–Trinajstić information content (AvgIpc) is 3.19. The summed E-state index contributed by atoms with van der Waals surface area (Å²) in [6, 6.07) is 65.8. The second kappa shape index (κ2) is 11.7. The van der Waals surface area contributed by atoms with Crippen LogP contribution in [0.4, 0.5) is 0 Å². The van der Waals surface area contributed by atoms with Crippen LogP contribution in [0.5, 0.6) is 0 Å². The second-order valence-electron chi connectivity index (χ2n) is 15.3. The van der Waals surface area contributed by atoms with E-state index in [2.05, 4.69) is 197 Å². The van der Waals surface area contributed by atoms with Gasteiger partial charge < -0.3 is 0 Å². The normalized spacial score (nSPS) is 12.1. The molecule has 0 heteroatoms. The third kappa shape index (κ3) is 4.75. The molecule has 0 bridgehead atoms. The Morgan fingerprint density at radius 1 is 0.288 bits per heavy atom. The predicted octanol–water partition coefficient (Wildman–Crippen LogP) is 14.9. The van der Waals surface area contributed by atoms with Crippen LogP contribution >= 0.6 is 0 Å². The van der Waals surface area contributed by atoms with Gasteiger partial charge in [-0.15, -0.1) is 0 Å². The lowest BCUT2D eigenvalue weighted by Gasteiger charge is -2.22. The monoisotopic (exact) mass is 662 g/mol. The lowest BCUT2D eigenvalue weighted by atomic mass is 9.81. The van der Waals surface area contributed by atoms with Gasteiger partial charge in [0.1, 0.15) is 0 Å². The summed E-state index contributed by atoms with van der Waals surface area (Å²) in [5.41, 5.74) is 9.02. The number of fused-ring (bicyclic) bond motifs is 8. The summed E-state index contributed by atoms with van der Waals surface area (Å²) >= 11 is 0. The van der Waals surface area contributed by atoms with E-state index in [9.17, 15) is 0 Å². The van der Waals surface area contributed by atoms with Crippen LogP contribution in [0.2, 0.25) is 0 Å². The molecule has 0 spiro atoms. The van der Waals surface area contributed by atoms with E-state index in [0.717, 1.165) is 0 Å². The summed E-state index contributed by atoms with van der Waals surface area (Å²) in [5, 5.41) is 15.3. The first-order valence-corrected chi connectivity index (χ1v) is 18.4. The number of hydrogen-bond donors (Lipinski definition) is 0. The minimum Gasteiger partial charge on any atom is -0.0616 e. The quantitative estimate of drug-likeness (QED) is 0.130. The Kier molecular flexibility index (Phi) is 6.85. The third-order valence-electron chi connectivity index (χ3n) is 11.2. The highest BCUT2D eigenvalue weighted by molar-refractivity contribution is 6.28. The SMILES string of the molecule is CC(C)(C)c1ccc(-c2ccc3c(-c4cc5ccccc5c5ccccc45)c4ccccc4c(-c4cc5ccccc5c5ccccc45)c3c2)cc1. The van der Waals surface area contributed by atoms with Gasteiger partial charge in [-0.25, -0.2) is 0 Å². The van der Waals surface area contributed by atoms with Crippen LogP contribution in [0.3, 0.4) is 0 Å². The van der Waals surface area contributed by atoms with Crippen molar-refractivity contribution in [3.05, 3.63) is 181 Å². The first-order chi connectivity index (χ1) is 25.4. The van der Waals surface area contributed by atoms with Crippen molar-refractivity contribution in [1.29, 1.82) is 0 Å². The summed E-state index contributed by atoms with van der Waals surface area (Å²) in [6.45, 7) is 6.84. The second-order valence-corrected chi connectivity index (χ2v) is 15.3.